The Hall–Kier alpha value is -0.900. The third kappa shape index (κ3) is 6.16. The van der Waals surface area contributed by atoms with Gasteiger partial charge in [0.1, 0.15) is 0 Å². The van der Waals surface area contributed by atoms with Crippen LogP contribution in [-0.2, 0) is 0 Å². The van der Waals surface area contributed by atoms with E-state index in [2.05, 4.69) is 30.6 Å². The van der Waals surface area contributed by atoms with E-state index in [0.717, 1.165) is 39.1 Å². The molecular weight excluding hydrogens is 284 g/mol. The van der Waals surface area contributed by atoms with Gasteiger partial charge < -0.3 is 4.90 Å². The van der Waals surface area contributed by atoms with Crippen LogP contribution in [0.5, 0.6) is 0 Å². The number of ketones is 1. The Morgan fingerprint density at radius 3 is 2.14 bits per heavy atom. The van der Waals surface area contributed by atoms with E-state index in [1.807, 2.05) is 12.1 Å². The van der Waals surface area contributed by atoms with Crippen molar-refractivity contribution in [1.82, 2.24) is 9.80 Å². The Balaban J connectivity index is 2.47. The van der Waals surface area contributed by atoms with Crippen molar-refractivity contribution in [2.24, 2.45) is 0 Å². The van der Waals surface area contributed by atoms with Gasteiger partial charge in [-0.3, -0.25) is 9.69 Å². The smallest absolute Gasteiger partial charge is 0.178 e. The molecule has 0 N–H and O–H groups in total. The Morgan fingerprint density at radius 1 is 1.00 bits per heavy atom. The van der Waals surface area contributed by atoms with Crippen molar-refractivity contribution in [2.75, 3.05) is 39.3 Å². The Labute approximate surface area is 133 Å². The van der Waals surface area contributed by atoms with Gasteiger partial charge in [-0.1, -0.05) is 44.5 Å². The molecule has 0 aliphatic heterocycles. The van der Waals surface area contributed by atoms with Crippen LogP contribution >= 0.6 is 11.6 Å². The van der Waals surface area contributed by atoms with E-state index in [9.17, 15) is 4.79 Å². The minimum absolute atomic E-state index is 0.102. The number of carbonyl (C=O) groups excluding carboxylic acids is 1. The van der Waals surface area contributed by atoms with Crippen molar-refractivity contribution >= 4 is 17.4 Å². The fraction of sp³-hybridized carbons (Fsp3) is 0.588. The second-order valence-electron chi connectivity index (χ2n) is 5.15. The van der Waals surface area contributed by atoms with Gasteiger partial charge in [0, 0.05) is 5.56 Å². The van der Waals surface area contributed by atoms with E-state index in [1.165, 1.54) is 0 Å². The van der Waals surface area contributed by atoms with Gasteiger partial charge in [0.05, 0.1) is 11.6 Å². The van der Waals surface area contributed by atoms with Crippen LogP contribution in [0.4, 0.5) is 0 Å². The minimum Gasteiger partial charge on any atom is -0.304 e. The van der Waals surface area contributed by atoms with E-state index in [-0.39, 0.29) is 5.78 Å². The summed E-state index contributed by atoms with van der Waals surface area (Å²) in [6.07, 6.45) is 1.09. The van der Waals surface area contributed by atoms with Gasteiger partial charge in [0.25, 0.3) is 0 Å². The van der Waals surface area contributed by atoms with Crippen molar-refractivity contribution < 1.29 is 4.79 Å². The maximum Gasteiger partial charge on any atom is 0.178 e. The molecule has 0 fully saturated rings. The lowest BCUT2D eigenvalue weighted by Crippen LogP contribution is -2.33. The predicted octanol–water partition coefficient (Wildman–Crippen LogP) is 3.58. The number of benzene rings is 1. The zero-order valence-corrected chi connectivity index (χ0v) is 14.2. The fourth-order valence-corrected chi connectivity index (χ4v) is 2.62. The first-order chi connectivity index (χ1) is 10.1. The lowest BCUT2D eigenvalue weighted by atomic mass is 10.1. The van der Waals surface area contributed by atoms with E-state index in [4.69, 9.17) is 11.6 Å². The molecule has 0 radical (unpaired) electrons. The summed E-state index contributed by atoms with van der Waals surface area (Å²) in [4.78, 5) is 16.9. The van der Waals surface area contributed by atoms with E-state index in [1.54, 1.807) is 12.1 Å². The molecule has 0 spiro atoms. The predicted molar refractivity (Wildman–Crippen MR) is 90.3 cm³/mol. The molecule has 1 rings (SSSR count). The van der Waals surface area contributed by atoms with Crippen molar-refractivity contribution in [3.05, 3.63) is 34.9 Å². The molecular formula is C17H27ClN2O. The molecule has 0 bridgehead atoms. The third-order valence-electron chi connectivity index (χ3n) is 3.83. The van der Waals surface area contributed by atoms with Crippen LogP contribution in [0, 0.1) is 0 Å². The quantitative estimate of drug-likeness (QED) is 0.617. The molecule has 0 aliphatic carbocycles. The highest BCUT2D eigenvalue weighted by Gasteiger charge is 2.13. The molecule has 1 aromatic carbocycles. The number of rotatable bonds is 10. The highest BCUT2D eigenvalue weighted by molar-refractivity contribution is 6.34. The van der Waals surface area contributed by atoms with Crippen LogP contribution in [0.2, 0.25) is 5.02 Å². The molecule has 3 nitrogen and oxygen atoms in total. The molecule has 0 unspecified atom stereocenters. The van der Waals surface area contributed by atoms with Gasteiger partial charge in [-0.25, -0.2) is 0 Å². The van der Waals surface area contributed by atoms with E-state index < -0.39 is 0 Å². The van der Waals surface area contributed by atoms with E-state index in [0.29, 0.717) is 17.1 Å². The van der Waals surface area contributed by atoms with Gasteiger partial charge in [0.15, 0.2) is 5.78 Å². The van der Waals surface area contributed by atoms with Gasteiger partial charge >= 0.3 is 0 Å². The first-order valence-corrected chi connectivity index (χ1v) is 8.22. The summed E-state index contributed by atoms with van der Waals surface area (Å²) in [5, 5.41) is 0.543. The van der Waals surface area contributed by atoms with Crippen molar-refractivity contribution in [2.45, 2.75) is 27.2 Å². The number of Topliss-reactive ketones (excluding diaryl/α,β-unsaturated/α-hetero) is 1. The van der Waals surface area contributed by atoms with Crippen LogP contribution < -0.4 is 0 Å². The van der Waals surface area contributed by atoms with Crippen molar-refractivity contribution in [3.63, 3.8) is 0 Å². The largest absolute Gasteiger partial charge is 0.304 e. The number of likely N-dealkylation sites (N-methyl/N-ethyl adjacent to an activating group) is 1. The molecule has 0 saturated carbocycles. The Morgan fingerprint density at radius 2 is 1.57 bits per heavy atom. The molecule has 118 valence electrons. The SMILES string of the molecule is CCN(CC)CCCN(CC)CC(=O)c1ccccc1Cl. The number of halogens is 1. The zero-order valence-electron chi connectivity index (χ0n) is 13.4. The van der Waals surface area contributed by atoms with Gasteiger partial charge in [-0.15, -0.1) is 0 Å². The van der Waals surface area contributed by atoms with Gasteiger partial charge in [-0.2, -0.15) is 0 Å². The molecule has 4 heteroatoms. The molecule has 0 aromatic heterocycles. The normalized spacial score (nSPS) is 11.3. The monoisotopic (exact) mass is 310 g/mol. The van der Waals surface area contributed by atoms with Crippen LogP contribution in [0.25, 0.3) is 0 Å². The fourth-order valence-electron chi connectivity index (χ4n) is 2.38. The zero-order chi connectivity index (χ0) is 15.7. The molecule has 0 heterocycles. The molecule has 1 aromatic rings. The van der Waals surface area contributed by atoms with Gasteiger partial charge in [0.2, 0.25) is 0 Å². The maximum absolute atomic E-state index is 12.3. The molecule has 0 saturated heterocycles. The van der Waals surface area contributed by atoms with Crippen LogP contribution in [0.15, 0.2) is 24.3 Å². The Bertz CT molecular complexity index is 433. The summed E-state index contributed by atoms with van der Waals surface area (Å²) in [5.74, 6) is 0.102. The highest BCUT2D eigenvalue weighted by atomic mass is 35.5. The molecule has 0 aliphatic rings. The molecule has 0 atom stereocenters. The minimum atomic E-state index is 0.102. The first kappa shape index (κ1) is 18.1. The number of hydrogen-bond acceptors (Lipinski definition) is 3. The lowest BCUT2D eigenvalue weighted by molar-refractivity contribution is 0.0931. The number of carbonyl (C=O) groups is 1. The summed E-state index contributed by atoms with van der Waals surface area (Å²) in [7, 11) is 0. The first-order valence-electron chi connectivity index (χ1n) is 7.84. The van der Waals surface area contributed by atoms with Gasteiger partial charge in [-0.05, 0) is 51.3 Å². The van der Waals surface area contributed by atoms with E-state index >= 15 is 0 Å². The number of hydrogen-bond donors (Lipinski definition) is 0. The van der Waals surface area contributed by atoms with Crippen LogP contribution in [0.3, 0.4) is 0 Å². The standard InChI is InChI=1S/C17H27ClN2O/c1-4-19(5-2)12-9-13-20(6-3)14-17(21)15-10-7-8-11-16(15)18/h7-8,10-11H,4-6,9,12-14H2,1-3H3. The third-order valence-corrected chi connectivity index (χ3v) is 4.16. The number of nitrogens with zero attached hydrogens (tertiary/aromatic N) is 2. The summed E-state index contributed by atoms with van der Waals surface area (Å²) in [6, 6.07) is 7.27. The molecule has 21 heavy (non-hydrogen) atoms. The average Bonchev–Trinajstić information content (AvgIpc) is 2.50. The second kappa shape index (κ2) is 9.93. The second-order valence-corrected chi connectivity index (χ2v) is 5.56. The molecule has 0 amide bonds. The summed E-state index contributed by atoms with van der Waals surface area (Å²) in [5.41, 5.74) is 0.626. The topological polar surface area (TPSA) is 23.6 Å². The lowest BCUT2D eigenvalue weighted by Gasteiger charge is -2.23. The maximum atomic E-state index is 12.3. The summed E-state index contributed by atoms with van der Waals surface area (Å²) in [6.45, 7) is 12.0. The highest BCUT2D eigenvalue weighted by Crippen LogP contribution is 2.15. The summed E-state index contributed by atoms with van der Waals surface area (Å²) >= 11 is 6.08. The average molecular weight is 311 g/mol. The summed E-state index contributed by atoms with van der Waals surface area (Å²) < 4.78 is 0. The van der Waals surface area contributed by atoms with Crippen LogP contribution in [-0.4, -0.2) is 54.9 Å². The van der Waals surface area contributed by atoms with Crippen LogP contribution in [0.1, 0.15) is 37.6 Å². The van der Waals surface area contributed by atoms with Crippen molar-refractivity contribution in [3.8, 4) is 0 Å². The Kier molecular flexibility index (Phi) is 8.58. The van der Waals surface area contributed by atoms with Crippen molar-refractivity contribution in [1.29, 1.82) is 0 Å².